The Morgan fingerprint density at radius 2 is 2.17 bits per heavy atom. The van der Waals surface area contributed by atoms with Crippen LogP contribution in [0.3, 0.4) is 0 Å². The number of aryl methyl sites for hydroxylation is 1. The van der Waals surface area contributed by atoms with Crippen molar-refractivity contribution in [2.45, 2.75) is 18.9 Å². The molecule has 0 N–H and O–H groups in total. The Kier molecular flexibility index (Phi) is 2.87. The predicted molar refractivity (Wildman–Crippen MR) is 50.8 cm³/mol. The lowest BCUT2D eigenvalue weighted by molar-refractivity contribution is 0.101. The molecule has 1 heterocycles. The maximum atomic E-state index is 11.0. The van der Waals surface area contributed by atoms with Crippen LogP contribution in [0.15, 0.2) is 17.2 Å². The zero-order chi connectivity index (χ0) is 9.14. The summed E-state index contributed by atoms with van der Waals surface area (Å²) in [5.41, 5.74) is 1.53. The van der Waals surface area contributed by atoms with Crippen molar-refractivity contribution in [2.24, 2.45) is 0 Å². The summed E-state index contributed by atoms with van der Waals surface area (Å²) in [6.45, 7) is 3.42. The standard InChI is InChI=1S/C9H11NOS/c1-6-8(7(2)11)4-5-9(10-6)12-3/h4-5H,1-3H3. The number of hydrogen-bond donors (Lipinski definition) is 0. The molecule has 0 bridgehead atoms. The molecule has 0 fully saturated rings. The minimum absolute atomic E-state index is 0.0765. The van der Waals surface area contributed by atoms with E-state index in [1.807, 2.05) is 25.3 Å². The summed E-state index contributed by atoms with van der Waals surface area (Å²) in [5, 5.41) is 0.956. The Morgan fingerprint density at radius 1 is 1.50 bits per heavy atom. The molecule has 0 saturated heterocycles. The highest BCUT2D eigenvalue weighted by Gasteiger charge is 2.04. The molecule has 0 aliphatic carbocycles. The van der Waals surface area contributed by atoms with Gasteiger partial charge < -0.3 is 0 Å². The minimum Gasteiger partial charge on any atom is -0.294 e. The number of hydrogen-bond acceptors (Lipinski definition) is 3. The van der Waals surface area contributed by atoms with E-state index in [1.54, 1.807) is 18.7 Å². The van der Waals surface area contributed by atoms with Gasteiger partial charge in [-0.05, 0) is 32.2 Å². The van der Waals surface area contributed by atoms with Crippen LogP contribution >= 0.6 is 11.8 Å². The number of nitrogens with zero attached hydrogens (tertiary/aromatic N) is 1. The number of ketones is 1. The summed E-state index contributed by atoms with van der Waals surface area (Å²) >= 11 is 1.58. The molecule has 2 nitrogen and oxygen atoms in total. The number of Topliss-reactive ketones (excluding diaryl/α,β-unsaturated/α-hetero) is 1. The van der Waals surface area contributed by atoms with Crippen molar-refractivity contribution < 1.29 is 4.79 Å². The molecule has 0 amide bonds. The molecule has 0 radical (unpaired) electrons. The highest BCUT2D eigenvalue weighted by atomic mass is 32.2. The van der Waals surface area contributed by atoms with E-state index in [4.69, 9.17) is 0 Å². The third kappa shape index (κ3) is 1.85. The fourth-order valence-electron chi connectivity index (χ4n) is 1.02. The summed E-state index contributed by atoms with van der Waals surface area (Å²) in [7, 11) is 0. The van der Waals surface area contributed by atoms with Gasteiger partial charge in [0.2, 0.25) is 0 Å². The van der Waals surface area contributed by atoms with Gasteiger partial charge in [0.15, 0.2) is 5.78 Å². The normalized spacial score (nSPS) is 9.92. The molecular weight excluding hydrogens is 170 g/mol. The summed E-state index contributed by atoms with van der Waals surface area (Å²) in [5.74, 6) is 0.0765. The number of carbonyl (C=O) groups excluding carboxylic acids is 1. The van der Waals surface area contributed by atoms with Crippen LogP contribution in [0.5, 0.6) is 0 Å². The molecular formula is C9H11NOS. The SMILES string of the molecule is CSc1ccc(C(C)=O)c(C)n1. The first-order valence-corrected chi connectivity index (χ1v) is 4.90. The number of aromatic nitrogens is 1. The summed E-state index contributed by atoms with van der Waals surface area (Å²) < 4.78 is 0. The van der Waals surface area contributed by atoms with E-state index < -0.39 is 0 Å². The number of carbonyl (C=O) groups is 1. The Labute approximate surface area is 76.4 Å². The second-order valence-electron chi connectivity index (χ2n) is 2.54. The molecule has 0 unspecified atom stereocenters. The van der Waals surface area contributed by atoms with Crippen LogP contribution in [-0.2, 0) is 0 Å². The van der Waals surface area contributed by atoms with E-state index >= 15 is 0 Å². The van der Waals surface area contributed by atoms with Crippen LogP contribution in [0.2, 0.25) is 0 Å². The lowest BCUT2D eigenvalue weighted by atomic mass is 10.1. The topological polar surface area (TPSA) is 30.0 Å². The van der Waals surface area contributed by atoms with Crippen molar-refractivity contribution in [3.63, 3.8) is 0 Å². The van der Waals surface area contributed by atoms with Gasteiger partial charge in [-0.3, -0.25) is 4.79 Å². The second-order valence-corrected chi connectivity index (χ2v) is 3.37. The van der Waals surface area contributed by atoms with Gasteiger partial charge in [0.1, 0.15) is 0 Å². The average molecular weight is 181 g/mol. The van der Waals surface area contributed by atoms with Crippen LogP contribution in [0.25, 0.3) is 0 Å². The quantitative estimate of drug-likeness (QED) is 0.518. The van der Waals surface area contributed by atoms with Gasteiger partial charge in [0.25, 0.3) is 0 Å². The molecule has 3 heteroatoms. The Balaban J connectivity index is 3.12. The summed E-state index contributed by atoms with van der Waals surface area (Å²) in [4.78, 5) is 15.3. The van der Waals surface area contributed by atoms with Gasteiger partial charge >= 0.3 is 0 Å². The van der Waals surface area contributed by atoms with Crippen molar-refractivity contribution in [3.8, 4) is 0 Å². The number of rotatable bonds is 2. The molecule has 0 atom stereocenters. The Hall–Kier alpha value is -0.830. The smallest absolute Gasteiger partial charge is 0.161 e. The van der Waals surface area contributed by atoms with E-state index in [0.29, 0.717) is 5.56 Å². The van der Waals surface area contributed by atoms with Gasteiger partial charge in [-0.15, -0.1) is 11.8 Å². The molecule has 0 aromatic carbocycles. The number of pyridine rings is 1. The van der Waals surface area contributed by atoms with E-state index in [0.717, 1.165) is 10.7 Å². The largest absolute Gasteiger partial charge is 0.294 e. The minimum atomic E-state index is 0.0765. The first-order chi connectivity index (χ1) is 5.65. The van der Waals surface area contributed by atoms with Gasteiger partial charge in [-0.2, -0.15) is 0 Å². The Bertz CT molecular complexity index is 309. The van der Waals surface area contributed by atoms with Crippen LogP contribution < -0.4 is 0 Å². The second kappa shape index (κ2) is 3.72. The van der Waals surface area contributed by atoms with Crippen molar-refractivity contribution in [2.75, 3.05) is 6.26 Å². The highest BCUT2D eigenvalue weighted by Crippen LogP contribution is 2.14. The van der Waals surface area contributed by atoms with Crippen molar-refractivity contribution >= 4 is 17.5 Å². The molecule has 12 heavy (non-hydrogen) atoms. The van der Waals surface area contributed by atoms with Crippen LogP contribution in [0.4, 0.5) is 0 Å². The van der Waals surface area contributed by atoms with Gasteiger partial charge in [0.05, 0.1) is 5.03 Å². The zero-order valence-corrected chi connectivity index (χ0v) is 8.23. The molecule has 0 aliphatic rings. The van der Waals surface area contributed by atoms with Gasteiger partial charge in [-0.1, -0.05) is 0 Å². The molecule has 64 valence electrons. The van der Waals surface area contributed by atoms with Gasteiger partial charge in [0, 0.05) is 11.3 Å². The van der Waals surface area contributed by atoms with Crippen molar-refractivity contribution in [1.82, 2.24) is 4.98 Å². The van der Waals surface area contributed by atoms with Gasteiger partial charge in [-0.25, -0.2) is 4.98 Å². The monoisotopic (exact) mass is 181 g/mol. The Morgan fingerprint density at radius 3 is 2.58 bits per heavy atom. The first-order valence-electron chi connectivity index (χ1n) is 3.67. The maximum absolute atomic E-state index is 11.0. The number of thioether (sulfide) groups is 1. The van der Waals surface area contributed by atoms with E-state index in [-0.39, 0.29) is 5.78 Å². The van der Waals surface area contributed by atoms with Crippen LogP contribution in [0.1, 0.15) is 23.0 Å². The maximum Gasteiger partial charge on any atom is 0.161 e. The first kappa shape index (κ1) is 9.26. The molecule has 0 spiro atoms. The average Bonchev–Trinajstić information content (AvgIpc) is 2.03. The molecule has 1 rings (SSSR count). The summed E-state index contributed by atoms with van der Waals surface area (Å²) in [6, 6.07) is 3.70. The molecule has 0 aliphatic heterocycles. The van der Waals surface area contributed by atoms with Crippen molar-refractivity contribution in [1.29, 1.82) is 0 Å². The van der Waals surface area contributed by atoms with E-state index in [2.05, 4.69) is 4.98 Å². The lowest BCUT2D eigenvalue weighted by Crippen LogP contribution is -1.98. The third-order valence-electron chi connectivity index (χ3n) is 1.65. The summed E-state index contributed by atoms with van der Waals surface area (Å²) in [6.07, 6.45) is 1.97. The van der Waals surface area contributed by atoms with Crippen molar-refractivity contribution in [3.05, 3.63) is 23.4 Å². The third-order valence-corrected chi connectivity index (χ3v) is 2.29. The molecule has 1 aromatic rings. The van der Waals surface area contributed by atoms with E-state index in [9.17, 15) is 4.79 Å². The van der Waals surface area contributed by atoms with E-state index in [1.165, 1.54) is 0 Å². The molecule has 1 aromatic heterocycles. The van der Waals surface area contributed by atoms with Crippen LogP contribution in [0, 0.1) is 6.92 Å². The fourth-order valence-corrected chi connectivity index (χ4v) is 1.46. The lowest BCUT2D eigenvalue weighted by Gasteiger charge is -2.01. The predicted octanol–water partition coefficient (Wildman–Crippen LogP) is 2.31. The van der Waals surface area contributed by atoms with Crippen LogP contribution in [-0.4, -0.2) is 17.0 Å². The highest BCUT2D eigenvalue weighted by molar-refractivity contribution is 7.98. The molecule has 0 saturated carbocycles. The zero-order valence-electron chi connectivity index (χ0n) is 7.42. The fraction of sp³-hybridized carbons (Fsp3) is 0.333.